The minimum Gasteiger partial charge on any atom is -0.489 e. The molecule has 0 heterocycles. The van der Waals surface area contributed by atoms with Gasteiger partial charge in [-0.1, -0.05) is 46.3 Å². The number of carbonyl (C=O) groups excluding carboxylic acids is 2. The second kappa shape index (κ2) is 10.5. The first-order valence-electron chi connectivity index (χ1n) is 9.26. The molecule has 0 saturated heterocycles. The lowest BCUT2D eigenvalue weighted by molar-refractivity contribution is -0.123. The number of aryl methyl sites for hydroxylation is 1. The Morgan fingerprint density at radius 3 is 2.27 bits per heavy atom. The largest absolute Gasteiger partial charge is 0.489 e. The van der Waals surface area contributed by atoms with E-state index in [1.807, 2.05) is 49.4 Å². The average molecular weight is 469 g/mol. The Morgan fingerprint density at radius 1 is 0.867 bits per heavy atom. The number of benzene rings is 3. The molecule has 7 heteroatoms. The van der Waals surface area contributed by atoms with Crippen molar-refractivity contribution < 1.29 is 19.1 Å². The predicted molar refractivity (Wildman–Crippen MR) is 117 cm³/mol. The van der Waals surface area contributed by atoms with Gasteiger partial charge >= 0.3 is 0 Å². The standard InChI is InChI=1S/C23H21BrN2O4/c1-16-13-20(11-12-21(16)24)30-15-22(27)25-26-23(28)18-7-9-19(10-8-18)29-14-17-5-3-2-4-6-17/h2-13H,14-15H2,1H3,(H,25,27)(H,26,28). The predicted octanol–water partition coefficient (Wildman–Crippen LogP) is 4.18. The molecule has 0 atom stereocenters. The summed E-state index contributed by atoms with van der Waals surface area (Å²) in [5.41, 5.74) is 7.15. The third-order valence-electron chi connectivity index (χ3n) is 4.18. The van der Waals surface area contributed by atoms with Crippen molar-refractivity contribution in [2.75, 3.05) is 6.61 Å². The highest BCUT2D eigenvalue weighted by atomic mass is 79.9. The molecule has 0 aliphatic heterocycles. The number of ether oxygens (including phenoxy) is 2. The first kappa shape index (κ1) is 21.4. The van der Waals surface area contributed by atoms with Crippen LogP contribution in [0.3, 0.4) is 0 Å². The zero-order valence-corrected chi connectivity index (χ0v) is 17.9. The molecule has 30 heavy (non-hydrogen) atoms. The van der Waals surface area contributed by atoms with E-state index in [4.69, 9.17) is 9.47 Å². The zero-order valence-electron chi connectivity index (χ0n) is 16.4. The molecular weight excluding hydrogens is 448 g/mol. The molecule has 0 bridgehead atoms. The van der Waals surface area contributed by atoms with E-state index in [1.165, 1.54) is 0 Å². The maximum absolute atomic E-state index is 12.2. The van der Waals surface area contributed by atoms with Gasteiger partial charge in [0.05, 0.1) is 0 Å². The fourth-order valence-electron chi connectivity index (χ4n) is 2.53. The summed E-state index contributed by atoms with van der Waals surface area (Å²) in [5.74, 6) is 0.324. The van der Waals surface area contributed by atoms with Gasteiger partial charge in [-0.15, -0.1) is 0 Å². The van der Waals surface area contributed by atoms with Gasteiger partial charge in [-0.3, -0.25) is 20.4 Å². The van der Waals surface area contributed by atoms with Gasteiger partial charge in [-0.25, -0.2) is 0 Å². The summed E-state index contributed by atoms with van der Waals surface area (Å²) in [6, 6.07) is 21.9. The monoisotopic (exact) mass is 468 g/mol. The van der Waals surface area contributed by atoms with Crippen LogP contribution in [0.1, 0.15) is 21.5 Å². The van der Waals surface area contributed by atoms with Crippen LogP contribution in [-0.4, -0.2) is 18.4 Å². The quantitative estimate of drug-likeness (QED) is 0.510. The van der Waals surface area contributed by atoms with Crippen LogP contribution >= 0.6 is 15.9 Å². The van der Waals surface area contributed by atoms with Crippen LogP contribution in [-0.2, 0) is 11.4 Å². The van der Waals surface area contributed by atoms with Gasteiger partial charge in [0, 0.05) is 10.0 Å². The molecular formula is C23H21BrN2O4. The molecule has 6 nitrogen and oxygen atoms in total. The van der Waals surface area contributed by atoms with E-state index in [0.29, 0.717) is 23.7 Å². The van der Waals surface area contributed by atoms with Gasteiger partial charge in [0.2, 0.25) is 0 Å². The third kappa shape index (κ3) is 6.35. The second-order valence-corrected chi connectivity index (χ2v) is 7.35. The Bertz CT molecular complexity index is 1010. The summed E-state index contributed by atoms with van der Waals surface area (Å²) in [7, 11) is 0. The van der Waals surface area contributed by atoms with Gasteiger partial charge in [-0.2, -0.15) is 0 Å². The van der Waals surface area contributed by atoms with Crippen LogP contribution in [0.15, 0.2) is 77.3 Å². The molecule has 0 radical (unpaired) electrons. The van der Waals surface area contributed by atoms with Crippen molar-refractivity contribution in [2.24, 2.45) is 0 Å². The van der Waals surface area contributed by atoms with Crippen LogP contribution in [0.5, 0.6) is 11.5 Å². The maximum atomic E-state index is 12.2. The van der Waals surface area contributed by atoms with E-state index in [2.05, 4.69) is 26.8 Å². The van der Waals surface area contributed by atoms with Gasteiger partial charge in [-0.05, 0) is 60.5 Å². The van der Waals surface area contributed by atoms with Crippen molar-refractivity contribution in [3.63, 3.8) is 0 Å². The second-order valence-electron chi connectivity index (χ2n) is 6.50. The van der Waals surface area contributed by atoms with Crippen molar-refractivity contribution >= 4 is 27.7 Å². The van der Waals surface area contributed by atoms with Crippen molar-refractivity contribution in [3.8, 4) is 11.5 Å². The Kier molecular flexibility index (Phi) is 7.45. The minimum absolute atomic E-state index is 0.215. The SMILES string of the molecule is Cc1cc(OCC(=O)NNC(=O)c2ccc(OCc3ccccc3)cc2)ccc1Br. The Morgan fingerprint density at radius 2 is 1.57 bits per heavy atom. The van der Waals surface area contributed by atoms with Crippen LogP contribution in [0, 0.1) is 6.92 Å². The maximum Gasteiger partial charge on any atom is 0.276 e. The number of carbonyl (C=O) groups is 2. The van der Waals surface area contributed by atoms with Crippen molar-refractivity contribution in [3.05, 3.63) is 94.0 Å². The lowest BCUT2D eigenvalue weighted by Gasteiger charge is -2.10. The first-order valence-corrected chi connectivity index (χ1v) is 10.1. The molecule has 154 valence electrons. The molecule has 2 N–H and O–H groups in total. The van der Waals surface area contributed by atoms with E-state index in [1.54, 1.807) is 30.3 Å². The highest BCUT2D eigenvalue weighted by molar-refractivity contribution is 9.10. The summed E-state index contributed by atoms with van der Waals surface area (Å²) < 4.78 is 12.1. The molecule has 2 amide bonds. The summed E-state index contributed by atoms with van der Waals surface area (Å²) in [6.07, 6.45) is 0. The van der Waals surface area contributed by atoms with Gasteiger partial charge in [0.25, 0.3) is 11.8 Å². The summed E-state index contributed by atoms with van der Waals surface area (Å²) in [6.45, 7) is 2.16. The van der Waals surface area contributed by atoms with E-state index in [9.17, 15) is 9.59 Å². The van der Waals surface area contributed by atoms with Crippen LogP contribution < -0.4 is 20.3 Å². The molecule has 3 rings (SSSR count). The normalized spacial score (nSPS) is 10.2. The van der Waals surface area contributed by atoms with E-state index in [0.717, 1.165) is 15.6 Å². The number of nitrogens with one attached hydrogen (secondary N) is 2. The molecule has 0 fully saturated rings. The Hall–Kier alpha value is -3.32. The number of amides is 2. The zero-order chi connectivity index (χ0) is 21.3. The topological polar surface area (TPSA) is 76.7 Å². The van der Waals surface area contributed by atoms with Crippen molar-refractivity contribution in [1.82, 2.24) is 10.9 Å². The Labute approximate surface area is 183 Å². The number of hydrogen-bond acceptors (Lipinski definition) is 4. The first-order chi connectivity index (χ1) is 14.5. The molecule has 0 aromatic heterocycles. The average Bonchev–Trinajstić information content (AvgIpc) is 2.78. The summed E-state index contributed by atoms with van der Waals surface area (Å²) in [4.78, 5) is 24.1. The minimum atomic E-state index is -0.466. The number of hydrazine groups is 1. The third-order valence-corrected chi connectivity index (χ3v) is 5.07. The molecule has 3 aromatic rings. The summed E-state index contributed by atoms with van der Waals surface area (Å²) in [5, 5.41) is 0. The summed E-state index contributed by atoms with van der Waals surface area (Å²) >= 11 is 3.41. The van der Waals surface area contributed by atoms with Crippen molar-refractivity contribution in [1.29, 1.82) is 0 Å². The number of halogens is 1. The molecule has 0 saturated carbocycles. The van der Waals surface area contributed by atoms with E-state index < -0.39 is 11.8 Å². The van der Waals surface area contributed by atoms with Crippen molar-refractivity contribution in [2.45, 2.75) is 13.5 Å². The Balaban J connectivity index is 1.42. The molecule has 3 aromatic carbocycles. The van der Waals surface area contributed by atoms with Crippen LogP contribution in [0.25, 0.3) is 0 Å². The smallest absolute Gasteiger partial charge is 0.276 e. The van der Waals surface area contributed by atoms with Gasteiger partial charge in [0.1, 0.15) is 18.1 Å². The highest BCUT2D eigenvalue weighted by Gasteiger charge is 2.09. The van der Waals surface area contributed by atoms with Gasteiger partial charge in [0.15, 0.2) is 6.61 Å². The molecule has 0 unspecified atom stereocenters. The van der Waals surface area contributed by atoms with E-state index >= 15 is 0 Å². The fraction of sp³-hybridized carbons (Fsp3) is 0.130. The lowest BCUT2D eigenvalue weighted by Crippen LogP contribution is -2.43. The number of hydrogen-bond donors (Lipinski definition) is 2. The van der Waals surface area contributed by atoms with Gasteiger partial charge < -0.3 is 9.47 Å². The molecule has 0 aliphatic rings. The lowest BCUT2D eigenvalue weighted by atomic mass is 10.2. The highest BCUT2D eigenvalue weighted by Crippen LogP contribution is 2.21. The van der Waals surface area contributed by atoms with E-state index in [-0.39, 0.29) is 6.61 Å². The fourth-order valence-corrected chi connectivity index (χ4v) is 2.78. The molecule has 0 spiro atoms. The van der Waals surface area contributed by atoms with Crippen LogP contribution in [0.2, 0.25) is 0 Å². The number of rotatable bonds is 7. The van der Waals surface area contributed by atoms with Crippen LogP contribution in [0.4, 0.5) is 0 Å². The molecule has 0 aliphatic carbocycles.